The lowest BCUT2D eigenvalue weighted by atomic mass is 9.85. The van der Waals surface area contributed by atoms with Gasteiger partial charge in [-0.25, -0.2) is 0 Å². The summed E-state index contributed by atoms with van der Waals surface area (Å²) in [4.78, 5) is 0. The van der Waals surface area contributed by atoms with E-state index in [0.29, 0.717) is 5.56 Å². The zero-order valence-corrected chi connectivity index (χ0v) is 18.2. The normalized spacial score (nSPS) is 12.4. The largest absolute Gasteiger partial charge is 0.309 e. The van der Waals surface area contributed by atoms with Crippen molar-refractivity contribution in [2.24, 2.45) is 0 Å². The van der Waals surface area contributed by atoms with Gasteiger partial charge in [0.25, 0.3) is 0 Å². The van der Waals surface area contributed by atoms with E-state index in [1.165, 1.54) is 32.9 Å². The highest BCUT2D eigenvalue weighted by Crippen LogP contribution is 2.37. The van der Waals surface area contributed by atoms with E-state index in [1.807, 2.05) is 18.2 Å². The third kappa shape index (κ3) is 3.32. The second-order valence-electron chi connectivity index (χ2n) is 9.96. The summed E-state index contributed by atoms with van der Waals surface area (Å²) in [5.41, 5.74) is 6.89. The summed E-state index contributed by atoms with van der Waals surface area (Å²) in [6.45, 7) is 13.5. The number of hydrogen-bond acceptors (Lipinski definition) is 1. The molecule has 0 fully saturated rings. The Labute approximate surface area is 173 Å². The number of nitrogens with zero attached hydrogens (tertiary/aromatic N) is 2. The second kappa shape index (κ2) is 6.49. The third-order valence-electron chi connectivity index (χ3n) is 5.73. The Hall–Kier alpha value is -3.05. The van der Waals surface area contributed by atoms with Crippen molar-refractivity contribution in [1.82, 2.24) is 4.57 Å². The van der Waals surface area contributed by atoms with Crippen LogP contribution < -0.4 is 0 Å². The quantitative estimate of drug-likeness (QED) is 0.342. The minimum Gasteiger partial charge on any atom is -0.309 e. The van der Waals surface area contributed by atoms with Crippen molar-refractivity contribution in [3.8, 4) is 11.8 Å². The summed E-state index contributed by atoms with van der Waals surface area (Å²) >= 11 is 0. The zero-order valence-electron chi connectivity index (χ0n) is 18.2. The maximum absolute atomic E-state index is 9.38. The Morgan fingerprint density at radius 2 is 1.21 bits per heavy atom. The van der Waals surface area contributed by atoms with Crippen LogP contribution in [0.3, 0.4) is 0 Å². The molecule has 2 nitrogen and oxygen atoms in total. The molecule has 0 amide bonds. The summed E-state index contributed by atoms with van der Waals surface area (Å²) in [5.74, 6) is 0. The molecule has 1 aromatic heterocycles. The molecular formula is C27H28N2. The van der Waals surface area contributed by atoms with Crippen LogP contribution in [0.5, 0.6) is 0 Å². The first kappa shape index (κ1) is 19.3. The summed E-state index contributed by atoms with van der Waals surface area (Å²) in [7, 11) is 0. The van der Waals surface area contributed by atoms with Gasteiger partial charge in [0.2, 0.25) is 0 Å². The summed E-state index contributed by atoms with van der Waals surface area (Å²) < 4.78 is 2.28. The van der Waals surface area contributed by atoms with Crippen LogP contribution >= 0.6 is 0 Å². The van der Waals surface area contributed by atoms with E-state index < -0.39 is 0 Å². The molecule has 0 saturated carbocycles. The van der Waals surface area contributed by atoms with Crippen molar-refractivity contribution in [3.05, 3.63) is 77.4 Å². The number of nitriles is 1. The molecule has 0 radical (unpaired) electrons. The van der Waals surface area contributed by atoms with Crippen LogP contribution in [0.2, 0.25) is 0 Å². The molecule has 1 heterocycles. The lowest BCUT2D eigenvalue weighted by molar-refractivity contribution is 0.590. The summed E-state index contributed by atoms with van der Waals surface area (Å²) in [5, 5.41) is 11.9. The Morgan fingerprint density at radius 3 is 1.66 bits per heavy atom. The predicted octanol–water partition coefficient (Wildman–Crippen LogP) is 7.25. The second-order valence-corrected chi connectivity index (χ2v) is 9.96. The number of hydrogen-bond donors (Lipinski definition) is 0. The van der Waals surface area contributed by atoms with Gasteiger partial charge in [-0.2, -0.15) is 5.26 Å². The van der Waals surface area contributed by atoms with E-state index in [9.17, 15) is 5.26 Å². The molecule has 0 N–H and O–H groups in total. The van der Waals surface area contributed by atoms with Gasteiger partial charge in [-0.3, -0.25) is 0 Å². The molecule has 4 rings (SSSR count). The van der Waals surface area contributed by atoms with Gasteiger partial charge in [0, 0.05) is 16.5 Å². The van der Waals surface area contributed by atoms with Crippen molar-refractivity contribution < 1.29 is 0 Å². The fourth-order valence-electron chi connectivity index (χ4n) is 3.95. The van der Waals surface area contributed by atoms with Gasteiger partial charge in [0.15, 0.2) is 0 Å². The fourth-order valence-corrected chi connectivity index (χ4v) is 3.95. The zero-order chi connectivity index (χ0) is 21.0. The maximum atomic E-state index is 9.38. The maximum Gasteiger partial charge on any atom is 0.0992 e. The Bertz CT molecular complexity index is 1200. The van der Waals surface area contributed by atoms with E-state index in [0.717, 1.165) is 5.69 Å². The van der Waals surface area contributed by atoms with Crippen molar-refractivity contribution in [2.45, 2.75) is 52.4 Å². The molecule has 4 aromatic rings. The molecule has 0 aliphatic carbocycles. The molecule has 29 heavy (non-hydrogen) atoms. The molecule has 0 aliphatic rings. The van der Waals surface area contributed by atoms with Gasteiger partial charge in [0.1, 0.15) is 0 Å². The molecule has 146 valence electrons. The SMILES string of the molecule is CC(C)(C)c1ccc2c(c1)c1cc(C(C)(C)C)ccc1n2-c1cccc(C#N)c1. The van der Waals surface area contributed by atoms with Gasteiger partial charge in [0.05, 0.1) is 22.7 Å². The van der Waals surface area contributed by atoms with Gasteiger partial charge >= 0.3 is 0 Å². The van der Waals surface area contributed by atoms with Crippen LogP contribution in [0.1, 0.15) is 58.2 Å². The van der Waals surface area contributed by atoms with Crippen molar-refractivity contribution in [1.29, 1.82) is 5.26 Å². The Balaban J connectivity index is 2.13. The molecule has 0 aliphatic heterocycles. The number of fused-ring (bicyclic) bond motifs is 3. The van der Waals surface area contributed by atoms with Gasteiger partial charge in [-0.1, -0.05) is 59.7 Å². The van der Waals surface area contributed by atoms with E-state index in [2.05, 4.69) is 94.6 Å². The first-order chi connectivity index (χ1) is 13.6. The average Bonchev–Trinajstić information content (AvgIpc) is 2.99. The van der Waals surface area contributed by atoms with Crippen LogP contribution in [0.15, 0.2) is 60.7 Å². The van der Waals surface area contributed by atoms with Crippen molar-refractivity contribution in [2.75, 3.05) is 0 Å². The lowest BCUT2D eigenvalue weighted by Gasteiger charge is -2.19. The molecule has 0 unspecified atom stereocenters. The van der Waals surface area contributed by atoms with Gasteiger partial charge in [-0.05, 0) is 64.4 Å². The first-order valence-corrected chi connectivity index (χ1v) is 10.2. The number of aromatic nitrogens is 1. The highest BCUT2D eigenvalue weighted by Gasteiger charge is 2.20. The van der Waals surface area contributed by atoms with E-state index >= 15 is 0 Å². The van der Waals surface area contributed by atoms with E-state index in [-0.39, 0.29) is 10.8 Å². The van der Waals surface area contributed by atoms with E-state index in [4.69, 9.17) is 0 Å². The van der Waals surface area contributed by atoms with Crippen LogP contribution in [-0.2, 0) is 10.8 Å². The molecule has 0 bridgehead atoms. The average molecular weight is 381 g/mol. The topological polar surface area (TPSA) is 28.7 Å². The van der Waals surface area contributed by atoms with Crippen molar-refractivity contribution in [3.63, 3.8) is 0 Å². The molecule has 2 heteroatoms. The smallest absolute Gasteiger partial charge is 0.0992 e. The number of rotatable bonds is 1. The Kier molecular flexibility index (Phi) is 4.32. The minimum absolute atomic E-state index is 0.0883. The van der Waals surface area contributed by atoms with Crippen LogP contribution in [0.4, 0.5) is 0 Å². The van der Waals surface area contributed by atoms with E-state index in [1.54, 1.807) is 0 Å². The first-order valence-electron chi connectivity index (χ1n) is 10.2. The molecule has 3 aromatic carbocycles. The lowest BCUT2D eigenvalue weighted by Crippen LogP contribution is -2.10. The Morgan fingerprint density at radius 1 is 0.690 bits per heavy atom. The molecule has 0 saturated heterocycles. The molecular weight excluding hydrogens is 352 g/mol. The molecule has 0 atom stereocenters. The van der Waals surface area contributed by atoms with Gasteiger partial charge in [-0.15, -0.1) is 0 Å². The van der Waals surface area contributed by atoms with Crippen LogP contribution in [0.25, 0.3) is 27.5 Å². The van der Waals surface area contributed by atoms with Crippen LogP contribution in [-0.4, -0.2) is 4.57 Å². The van der Waals surface area contributed by atoms with Crippen molar-refractivity contribution >= 4 is 21.8 Å². The highest BCUT2D eigenvalue weighted by molar-refractivity contribution is 6.09. The standard InChI is InChI=1S/C27H28N2/c1-26(2,3)19-10-12-24-22(15-19)23-16-20(27(4,5)6)11-13-25(23)29(24)21-9-7-8-18(14-21)17-28/h7-16H,1-6H3. The van der Waals surface area contributed by atoms with Crippen LogP contribution in [0, 0.1) is 11.3 Å². The summed E-state index contributed by atoms with van der Waals surface area (Å²) in [6.07, 6.45) is 0. The molecule has 0 spiro atoms. The number of benzene rings is 3. The highest BCUT2D eigenvalue weighted by atomic mass is 15.0. The third-order valence-corrected chi connectivity index (χ3v) is 5.73. The predicted molar refractivity (Wildman–Crippen MR) is 123 cm³/mol. The minimum atomic E-state index is 0.0883. The monoisotopic (exact) mass is 380 g/mol. The fraction of sp³-hybridized carbons (Fsp3) is 0.296. The van der Waals surface area contributed by atoms with Gasteiger partial charge < -0.3 is 4.57 Å². The summed E-state index contributed by atoms with van der Waals surface area (Å²) in [6, 6.07) is 23.7.